The summed E-state index contributed by atoms with van der Waals surface area (Å²) < 4.78 is 5.62. The van der Waals surface area contributed by atoms with Gasteiger partial charge in [0.15, 0.2) is 0 Å². The molecule has 0 fully saturated rings. The Balaban J connectivity index is 2.09. The summed E-state index contributed by atoms with van der Waals surface area (Å²) in [5.74, 6) is 0.463. The molecule has 0 saturated heterocycles. The van der Waals surface area contributed by atoms with Crippen LogP contribution in [0.15, 0.2) is 42.5 Å². The molecule has 116 valence electrons. The molecule has 0 atom stereocenters. The maximum atomic E-state index is 12.2. The number of hydrogen-bond acceptors (Lipinski definition) is 2. The van der Waals surface area contributed by atoms with Gasteiger partial charge in [0.1, 0.15) is 5.75 Å². The fraction of sp³-hybridized carbons (Fsp3) is 0.235. The zero-order chi connectivity index (χ0) is 15.9. The minimum absolute atomic E-state index is 0.112. The molecule has 0 aliphatic carbocycles. The number of para-hydroxylation sites is 2. The summed E-state index contributed by atoms with van der Waals surface area (Å²) in [6, 6.07) is 12.5. The first kappa shape index (κ1) is 16.7. The first-order valence-electron chi connectivity index (χ1n) is 7.06. The highest BCUT2D eigenvalue weighted by Gasteiger charge is 2.12. The van der Waals surface area contributed by atoms with Crippen LogP contribution in [-0.2, 0) is 11.2 Å². The minimum Gasteiger partial charge on any atom is -0.491 e. The molecule has 0 spiro atoms. The average molecular weight is 338 g/mol. The van der Waals surface area contributed by atoms with Gasteiger partial charge in [0.25, 0.3) is 0 Å². The van der Waals surface area contributed by atoms with Gasteiger partial charge in [0, 0.05) is 10.0 Å². The van der Waals surface area contributed by atoms with Crippen LogP contribution < -0.4 is 10.1 Å². The largest absolute Gasteiger partial charge is 0.491 e. The zero-order valence-corrected chi connectivity index (χ0v) is 13.7. The van der Waals surface area contributed by atoms with E-state index in [4.69, 9.17) is 27.9 Å². The monoisotopic (exact) mass is 337 g/mol. The van der Waals surface area contributed by atoms with Crippen LogP contribution in [0.4, 0.5) is 5.69 Å². The molecule has 0 unspecified atom stereocenters. The highest BCUT2D eigenvalue weighted by molar-refractivity contribution is 6.36. The standard InChI is InChI=1S/C17H17Cl2NO2/c1-2-10-22-16-9-4-3-8-15(16)20-17(21)11-12-13(18)6-5-7-14(12)19/h3-9H,2,10-11H2,1H3,(H,20,21). The highest BCUT2D eigenvalue weighted by atomic mass is 35.5. The summed E-state index contributed by atoms with van der Waals surface area (Å²) in [6.45, 7) is 2.63. The van der Waals surface area contributed by atoms with Crippen molar-refractivity contribution in [2.45, 2.75) is 19.8 Å². The fourth-order valence-electron chi connectivity index (χ4n) is 1.96. The Kier molecular flexibility index (Phi) is 6.10. The first-order valence-corrected chi connectivity index (χ1v) is 7.82. The molecule has 0 radical (unpaired) electrons. The molecule has 2 aromatic carbocycles. The molecule has 0 heterocycles. The summed E-state index contributed by atoms with van der Waals surface area (Å²) in [4.78, 5) is 12.2. The second-order valence-electron chi connectivity index (χ2n) is 4.77. The predicted molar refractivity (Wildman–Crippen MR) is 91.0 cm³/mol. The number of hydrogen-bond donors (Lipinski definition) is 1. The van der Waals surface area contributed by atoms with Gasteiger partial charge in [-0.05, 0) is 36.2 Å². The number of ether oxygens (including phenoxy) is 1. The molecule has 0 bridgehead atoms. The molecule has 0 aromatic heterocycles. The van der Waals surface area contributed by atoms with E-state index in [1.807, 2.05) is 25.1 Å². The van der Waals surface area contributed by atoms with Crippen LogP contribution in [0.1, 0.15) is 18.9 Å². The Bertz CT molecular complexity index is 639. The number of amides is 1. The van der Waals surface area contributed by atoms with Crippen LogP contribution in [0.2, 0.25) is 10.0 Å². The number of carbonyl (C=O) groups excluding carboxylic acids is 1. The molecule has 22 heavy (non-hydrogen) atoms. The average Bonchev–Trinajstić information content (AvgIpc) is 2.50. The van der Waals surface area contributed by atoms with E-state index in [-0.39, 0.29) is 12.3 Å². The fourth-order valence-corrected chi connectivity index (χ4v) is 2.50. The zero-order valence-electron chi connectivity index (χ0n) is 12.2. The van der Waals surface area contributed by atoms with Gasteiger partial charge in [-0.2, -0.15) is 0 Å². The number of anilines is 1. The van der Waals surface area contributed by atoms with Gasteiger partial charge in [-0.15, -0.1) is 0 Å². The van der Waals surface area contributed by atoms with Crippen molar-refractivity contribution in [2.24, 2.45) is 0 Å². The van der Waals surface area contributed by atoms with Gasteiger partial charge in [-0.3, -0.25) is 4.79 Å². The van der Waals surface area contributed by atoms with Gasteiger partial charge in [0.05, 0.1) is 18.7 Å². The number of carbonyl (C=O) groups is 1. The van der Waals surface area contributed by atoms with Crippen LogP contribution in [0.25, 0.3) is 0 Å². The van der Waals surface area contributed by atoms with E-state index in [0.717, 1.165) is 6.42 Å². The number of benzene rings is 2. The van der Waals surface area contributed by atoms with Crippen molar-refractivity contribution >= 4 is 34.8 Å². The van der Waals surface area contributed by atoms with Crippen LogP contribution in [-0.4, -0.2) is 12.5 Å². The number of nitrogens with one attached hydrogen (secondary N) is 1. The summed E-state index contributed by atoms with van der Waals surface area (Å²) >= 11 is 12.2. The lowest BCUT2D eigenvalue weighted by atomic mass is 10.1. The quantitative estimate of drug-likeness (QED) is 0.808. The maximum Gasteiger partial charge on any atom is 0.229 e. The third-order valence-electron chi connectivity index (χ3n) is 3.02. The van der Waals surface area contributed by atoms with E-state index < -0.39 is 0 Å². The van der Waals surface area contributed by atoms with Crippen LogP contribution in [0, 0.1) is 0 Å². The molecule has 0 aliphatic rings. The summed E-state index contributed by atoms with van der Waals surface area (Å²) in [7, 11) is 0. The first-order chi connectivity index (χ1) is 10.6. The van der Waals surface area contributed by atoms with Crippen molar-refractivity contribution in [3.8, 4) is 5.75 Å². The van der Waals surface area contributed by atoms with Gasteiger partial charge >= 0.3 is 0 Å². The number of rotatable bonds is 6. The lowest BCUT2D eigenvalue weighted by Gasteiger charge is -2.12. The Morgan fingerprint density at radius 2 is 1.77 bits per heavy atom. The van der Waals surface area contributed by atoms with Crippen molar-refractivity contribution in [3.05, 3.63) is 58.1 Å². The van der Waals surface area contributed by atoms with Crippen molar-refractivity contribution in [1.82, 2.24) is 0 Å². The molecular formula is C17H17Cl2NO2. The molecule has 2 rings (SSSR count). The normalized spacial score (nSPS) is 10.3. The Morgan fingerprint density at radius 3 is 2.45 bits per heavy atom. The molecule has 2 aromatic rings. The molecule has 1 amide bonds. The third kappa shape index (κ3) is 4.39. The van der Waals surface area contributed by atoms with E-state index in [1.165, 1.54) is 0 Å². The lowest BCUT2D eigenvalue weighted by Crippen LogP contribution is -2.15. The molecule has 0 saturated carbocycles. The minimum atomic E-state index is -0.192. The van der Waals surface area contributed by atoms with Gasteiger partial charge < -0.3 is 10.1 Å². The molecule has 0 aliphatic heterocycles. The summed E-state index contributed by atoms with van der Waals surface area (Å²) in [5, 5.41) is 3.81. The van der Waals surface area contributed by atoms with Crippen LogP contribution in [0.5, 0.6) is 5.75 Å². The van der Waals surface area contributed by atoms with Gasteiger partial charge in [0.2, 0.25) is 5.91 Å². The van der Waals surface area contributed by atoms with E-state index in [2.05, 4.69) is 5.32 Å². The molecule has 3 nitrogen and oxygen atoms in total. The smallest absolute Gasteiger partial charge is 0.229 e. The van der Waals surface area contributed by atoms with E-state index in [0.29, 0.717) is 33.7 Å². The molecular weight excluding hydrogens is 321 g/mol. The van der Waals surface area contributed by atoms with Crippen molar-refractivity contribution in [3.63, 3.8) is 0 Å². The second-order valence-corrected chi connectivity index (χ2v) is 5.58. The Hall–Kier alpha value is -1.71. The van der Waals surface area contributed by atoms with Crippen LogP contribution in [0.3, 0.4) is 0 Å². The SMILES string of the molecule is CCCOc1ccccc1NC(=O)Cc1c(Cl)cccc1Cl. The van der Waals surface area contributed by atoms with E-state index in [9.17, 15) is 4.79 Å². The molecule has 5 heteroatoms. The summed E-state index contributed by atoms with van der Waals surface area (Å²) in [6.07, 6.45) is 1.01. The van der Waals surface area contributed by atoms with Crippen molar-refractivity contribution in [1.29, 1.82) is 0 Å². The Labute approximate surface area is 140 Å². The van der Waals surface area contributed by atoms with E-state index in [1.54, 1.807) is 24.3 Å². The second kappa shape index (κ2) is 8.06. The third-order valence-corrected chi connectivity index (χ3v) is 3.73. The topological polar surface area (TPSA) is 38.3 Å². The number of halogens is 2. The summed E-state index contributed by atoms with van der Waals surface area (Å²) in [5.41, 5.74) is 1.26. The van der Waals surface area contributed by atoms with Crippen molar-refractivity contribution in [2.75, 3.05) is 11.9 Å². The van der Waals surface area contributed by atoms with Crippen molar-refractivity contribution < 1.29 is 9.53 Å². The van der Waals surface area contributed by atoms with Gasteiger partial charge in [-0.1, -0.05) is 48.3 Å². The Morgan fingerprint density at radius 1 is 1.09 bits per heavy atom. The molecule has 1 N–H and O–H groups in total. The predicted octanol–water partition coefficient (Wildman–Crippen LogP) is 4.96. The highest BCUT2D eigenvalue weighted by Crippen LogP contribution is 2.27. The van der Waals surface area contributed by atoms with Gasteiger partial charge in [-0.25, -0.2) is 0 Å². The van der Waals surface area contributed by atoms with Crippen LogP contribution >= 0.6 is 23.2 Å². The lowest BCUT2D eigenvalue weighted by molar-refractivity contribution is -0.115. The maximum absolute atomic E-state index is 12.2. The van der Waals surface area contributed by atoms with E-state index >= 15 is 0 Å².